The molecule has 0 amide bonds. The van der Waals surface area contributed by atoms with Crippen molar-refractivity contribution >= 4 is 49.9 Å². The summed E-state index contributed by atoms with van der Waals surface area (Å²) < 4.78 is 28.4. The Kier molecular flexibility index (Phi) is 4.61. The van der Waals surface area contributed by atoms with Gasteiger partial charge >= 0.3 is 0 Å². The van der Waals surface area contributed by atoms with E-state index in [2.05, 4.69) is 27.3 Å². The SMILES string of the molecule is Cc1ccc(S(=O)(=O)Nc2ccc(I)cc2C)c(Cl)c1. The summed E-state index contributed by atoms with van der Waals surface area (Å²) in [4.78, 5) is 0.0858. The smallest absolute Gasteiger partial charge is 0.263 e. The quantitative estimate of drug-likeness (QED) is 0.749. The second kappa shape index (κ2) is 5.91. The molecule has 0 atom stereocenters. The van der Waals surface area contributed by atoms with Crippen LogP contribution in [0.1, 0.15) is 11.1 Å². The molecule has 0 aliphatic rings. The fourth-order valence-electron chi connectivity index (χ4n) is 1.77. The Morgan fingerprint density at radius 1 is 1.10 bits per heavy atom. The summed E-state index contributed by atoms with van der Waals surface area (Å²) in [5.41, 5.74) is 2.34. The van der Waals surface area contributed by atoms with Crippen LogP contribution in [0.5, 0.6) is 0 Å². The van der Waals surface area contributed by atoms with E-state index in [-0.39, 0.29) is 9.92 Å². The average molecular weight is 422 g/mol. The summed E-state index contributed by atoms with van der Waals surface area (Å²) in [5.74, 6) is 0. The Labute approximate surface area is 137 Å². The van der Waals surface area contributed by atoms with Gasteiger partial charge in [-0.15, -0.1) is 0 Å². The van der Waals surface area contributed by atoms with Crippen LogP contribution < -0.4 is 4.72 Å². The lowest BCUT2D eigenvalue weighted by molar-refractivity contribution is 0.601. The summed E-state index contributed by atoms with van der Waals surface area (Å²) in [6.45, 7) is 3.72. The Hall–Kier alpha value is -0.790. The van der Waals surface area contributed by atoms with Gasteiger partial charge in [0.25, 0.3) is 10.0 Å². The maximum absolute atomic E-state index is 12.4. The molecule has 0 heterocycles. The molecular weight excluding hydrogens is 409 g/mol. The standard InChI is InChI=1S/C14H13ClINO2S/c1-9-3-6-14(12(15)7-9)20(18,19)17-13-5-4-11(16)8-10(13)2/h3-8,17H,1-2H3. The number of sulfonamides is 1. The number of nitrogens with one attached hydrogen (secondary N) is 1. The van der Waals surface area contributed by atoms with Crippen LogP contribution >= 0.6 is 34.2 Å². The molecule has 0 aliphatic heterocycles. The predicted molar refractivity (Wildman–Crippen MR) is 90.9 cm³/mol. The number of rotatable bonds is 3. The van der Waals surface area contributed by atoms with Gasteiger partial charge in [0.1, 0.15) is 4.90 Å². The van der Waals surface area contributed by atoms with Crippen LogP contribution in [-0.4, -0.2) is 8.42 Å². The lowest BCUT2D eigenvalue weighted by Crippen LogP contribution is -2.14. The van der Waals surface area contributed by atoms with Gasteiger partial charge in [0, 0.05) is 3.57 Å². The number of halogens is 2. The lowest BCUT2D eigenvalue weighted by Gasteiger charge is -2.12. The van der Waals surface area contributed by atoms with E-state index in [4.69, 9.17) is 11.6 Å². The molecule has 0 saturated heterocycles. The van der Waals surface area contributed by atoms with E-state index in [9.17, 15) is 8.42 Å². The minimum Gasteiger partial charge on any atom is -0.279 e. The largest absolute Gasteiger partial charge is 0.279 e. The van der Waals surface area contributed by atoms with Gasteiger partial charge in [-0.2, -0.15) is 0 Å². The predicted octanol–water partition coefficient (Wildman–Crippen LogP) is 4.36. The highest BCUT2D eigenvalue weighted by molar-refractivity contribution is 14.1. The van der Waals surface area contributed by atoms with Crippen LogP contribution in [0.4, 0.5) is 5.69 Å². The average Bonchev–Trinajstić information content (AvgIpc) is 2.32. The van der Waals surface area contributed by atoms with Crippen molar-refractivity contribution in [1.29, 1.82) is 0 Å². The summed E-state index contributed by atoms with van der Waals surface area (Å²) in [7, 11) is -3.68. The second-order valence-corrected chi connectivity index (χ2v) is 7.80. The molecule has 6 heteroatoms. The van der Waals surface area contributed by atoms with Crippen LogP contribution in [0.15, 0.2) is 41.3 Å². The monoisotopic (exact) mass is 421 g/mol. The lowest BCUT2D eigenvalue weighted by atomic mass is 10.2. The van der Waals surface area contributed by atoms with Crippen molar-refractivity contribution in [2.24, 2.45) is 0 Å². The molecule has 106 valence electrons. The van der Waals surface area contributed by atoms with Crippen molar-refractivity contribution in [1.82, 2.24) is 0 Å². The molecule has 2 aromatic carbocycles. The molecule has 20 heavy (non-hydrogen) atoms. The van der Waals surface area contributed by atoms with Crippen molar-refractivity contribution in [3.63, 3.8) is 0 Å². The van der Waals surface area contributed by atoms with Crippen LogP contribution in [0.3, 0.4) is 0 Å². The molecule has 0 radical (unpaired) electrons. The molecule has 1 N–H and O–H groups in total. The number of anilines is 1. The molecule has 0 spiro atoms. The van der Waals surface area contributed by atoms with Gasteiger partial charge in [0.05, 0.1) is 10.7 Å². The van der Waals surface area contributed by atoms with Crippen LogP contribution in [0, 0.1) is 17.4 Å². The number of hydrogen-bond acceptors (Lipinski definition) is 2. The van der Waals surface area contributed by atoms with Crippen molar-refractivity contribution in [3.05, 3.63) is 56.1 Å². The first-order chi connectivity index (χ1) is 9.29. The highest BCUT2D eigenvalue weighted by Gasteiger charge is 2.18. The third kappa shape index (κ3) is 3.45. The summed E-state index contributed by atoms with van der Waals surface area (Å²) in [6.07, 6.45) is 0. The topological polar surface area (TPSA) is 46.2 Å². The summed E-state index contributed by atoms with van der Waals surface area (Å²) in [6, 6.07) is 10.4. The third-order valence-electron chi connectivity index (χ3n) is 2.81. The maximum atomic E-state index is 12.4. The number of hydrogen-bond donors (Lipinski definition) is 1. The first-order valence-electron chi connectivity index (χ1n) is 5.85. The number of aryl methyl sites for hydroxylation is 2. The van der Waals surface area contributed by atoms with Gasteiger partial charge in [-0.3, -0.25) is 4.72 Å². The molecule has 0 fully saturated rings. The van der Waals surface area contributed by atoms with Gasteiger partial charge in [-0.1, -0.05) is 17.7 Å². The van der Waals surface area contributed by atoms with E-state index in [1.165, 1.54) is 6.07 Å². The molecule has 2 rings (SSSR count). The minimum atomic E-state index is -3.68. The minimum absolute atomic E-state index is 0.0858. The highest BCUT2D eigenvalue weighted by atomic mass is 127. The van der Waals surface area contributed by atoms with E-state index in [0.717, 1.165) is 14.7 Å². The van der Waals surface area contributed by atoms with Crippen molar-refractivity contribution in [2.75, 3.05) is 4.72 Å². The Morgan fingerprint density at radius 2 is 1.80 bits per heavy atom. The maximum Gasteiger partial charge on any atom is 0.263 e. The Bertz CT molecular complexity index is 760. The van der Waals surface area contributed by atoms with E-state index in [1.54, 1.807) is 18.2 Å². The Morgan fingerprint density at radius 3 is 2.40 bits per heavy atom. The van der Waals surface area contributed by atoms with Gasteiger partial charge in [0.2, 0.25) is 0 Å². The highest BCUT2D eigenvalue weighted by Crippen LogP contribution is 2.26. The van der Waals surface area contributed by atoms with Crippen LogP contribution in [-0.2, 0) is 10.0 Å². The first kappa shape index (κ1) is 15.6. The van der Waals surface area contributed by atoms with Crippen LogP contribution in [0.25, 0.3) is 0 Å². The third-order valence-corrected chi connectivity index (χ3v) is 5.33. The van der Waals surface area contributed by atoms with E-state index < -0.39 is 10.0 Å². The molecule has 0 aromatic heterocycles. The van der Waals surface area contributed by atoms with E-state index >= 15 is 0 Å². The first-order valence-corrected chi connectivity index (χ1v) is 8.79. The summed E-state index contributed by atoms with van der Waals surface area (Å²) in [5, 5.41) is 0.223. The van der Waals surface area contributed by atoms with Crippen LogP contribution in [0.2, 0.25) is 5.02 Å². The zero-order chi connectivity index (χ0) is 14.9. The normalized spacial score (nSPS) is 11.4. The van der Waals surface area contributed by atoms with Gasteiger partial charge in [-0.25, -0.2) is 8.42 Å². The fraction of sp³-hybridized carbons (Fsp3) is 0.143. The summed E-state index contributed by atoms with van der Waals surface area (Å²) >= 11 is 8.21. The molecule has 3 nitrogen and oxygen atoms in total. The zero-order valence-electron chi connectivity index (χ0n) is 10.9. The molecule has 0 bridgehead atoms. The zero-order valence-corrected chi connectivity index (χ0v) is 14.7. The Balaban J connectivity index is 2.41. The second-order valence-electron chi connectivity index (χ2n) is 4.50. The van der Waals surface area contributed by atoms with Gasteiger partial charge < -0.3 is 0 Å². The fourth-order valence-corrected chi connectivity index (χ4v) is 4.14. The van der Waals surface area contributed by atoms with Crippen molar-refractivity contribution < 1.29 is 8.42 Å². The molecule has 2 aromatic rings. The number of benzene rings is 2. The van der Waals surface area contributed by atoms with Crippen molar-refractivity contribution in [2.45, 2.75) is 18.7 Å². The van der Waals surface area contributed by atoms with E-state index in [1.807, 2.05) is 26.0 Å². The van der Waals surface area contributed by atoms with E-state index in [0.29, 0.717) is 5.69 Å². The molecular formula is C14H13ClINO2S. The van der Waals surface area contributed by atoms with Gasteiger partial charge in [0.15, 0.2) is 0 Å². The molecule has 0 unspecified atom stereocenters. The van der Waals surface area contributed by atoms with Gasteiger partial charge in [-0.05, 0) is 77.9 Å². The molecule has 0 saturated carbocycles. The molecule has 0 aliphatic carbocycles. The van der Waals surface area contributed by atoms with Crippen molar-refractivity contribution in [3.8, 4) is 0 Å².